The fourth-order valence-corrected chi connectivity index (χ4v) is 2.51. The molecule has 0 saturated heterocycles. The van der Waals surface area contributed by atoms with E-state index in [1.165, 1.54) is 0 Å². The number of benzene rings is 1. The predicted octanol–water partition coefficient (Wildman–Crippen LogP) is 1.73. The highest BCUT2D eigenvalue weighted by atomic mass is 32.2. The van der Waals surface area contributed by atoms with E-state index >= 15 is 0 Å². The maximum absolute atomic E-state index is 11.9. The zero-order chi connectivity index (χ0) is 15.3. The number of hydrogen-bond donors (Lipinski definition) is 1. The molecule has 1 aromatic rings. The lowest BCUT2D eigenvalue weighted by molar-refractivity contribution is -0.131. The lowest BCUT2D eigenvalue weighted by atomic mass is 10.1. The van der Waals surface area contributed by atoms with Gasteiger partial charge in [0.25, 0.3) is 0 Å². The summed E-state index contributed by atoms with van der Waals surface area (Å²) in [5.41, 5.74) is 6.63. The summed E-state index contributed by atoms with van der Waals surface area (Å²) in [7, 11) is 4.94. The minimum atomic E-state index is -0.502. The van der Waals surface area contributed by atoms with Crippen LogP contribution in [0.15, 0.2) is 17.0 Å². The van der Waals surface area contributed by atoms with Crippen molar-refractivity contribution in [1.82, 2.24) is 4.90 Å². The van der Waals surface area contributed by atoms with Gasteiger partial charge in [0, 0.05) is 18.5 Å². The predicted molar refractivity (Wildman–Crippen MR) is 81.5 cm³/mol. The molecule has 2 N–H and O–H groups in total. The molecule has 1 aromatic carbocycles. The molecule has 0 bridgehead atoms. The van der Waals surface area contributed by atoms with Gasteiger partial charge in [-0.15, -0.1) is 11.8 Å². The molecule has 0 aliphatic heterocycles. The van der Waals surface area contributed by atoms with Crippen LogP contribution in [0.1, 0.15) is 12.5 Å². The number of hydrogen-bond acceptors (Lipinski definition) is 5. The van der Waals surface area contributed by atoms with Gasteiger partial charge < -0.3 is 20.1 Å². The minimum Gasteiger partial charge on any atom is -0.493 e. The average molecular weight is 298 g/mol. The normalized spacial score (nSPS) is 11.9. The van der Waals surface area contributed by atoms with Crippen molar-refractivity contribution in [2.75, 3.05) is 27.5 Å². The van der Waals surface area contributed by atoms with E-state index in [4.69, 9.17) is 15.2 Å². The molecule has 1 rings (SSSR count). The summed E-state index contributed by atoms with van der Waals surface area (Å²) < 4.78 is 10.6. The van der Waals surface area contributed by atoms with E-state index in [0.717, 1.165) is 10.5 Å². The molecule has 0 heterocycles. The molecular weight excluding hydrogens is 276 g/mol. The van der Waals surface area contributed by atoms with Crippen LogP contribution in [-0.4, -0.2) is 44.4 Å². The summed E-state index contributed by atoms with van der Waals surface area (Å²) in [6, 6.07) is 3.32. The second-order valence-electron chi connectivity index (χ2n) is 4.50. The Hall–Kier alpha value is -1.40. The molecule has 0 spiro atoms. The number of thioether (sulfide) groups is 1. The van der Waals surface area contributed by atoms with E-state index < -0.39 is 6.04 Å². The van der Waals surface area contributed by atoms with Crippen molar-refractivity contribution in [3.63, 3.8) is 0 Å². The third-order valence-electron chi connectivity index (χ3n) is 2.96. The van der Waals surface area contributed by atoms with Crippen LogP contribution in [0.3, 0.4) is 0 Å². The van der Waals surface area contributed by atoms with Crippen LogP contribution in [0.25, 0.3) is 0 Å². The summed E-state index contributed by atoms with van der Waals surface area (Å²) in [6.45, 7) is 2.17. The Morgan fingerprint density at radius 1 is 1.35 bits per heavy atom. The molecule has 1 atom stereocenters. The zero-order valence-corrected chi connectivity index (χ0v) is 13.4. The van der Waals surface area contributed by atoms with Crippen LogP contribution >= 0.6 is 11.8 Å². The first kappa shape index (κ1) is 16.7. The second-order valence-corrected chi connectivity index (χ2v) is 5.35. The van der Waals surface area contributed by atoms with Gasteiger partial charge in [-0.3, -0.25) is 4.79 Å². The monoisotopic (exact) mass is 298 g/mol. The Morgan fingerprint density at radius 3 is 2.35 bits per heavy atom. The first-order valence-corrected chi connectivity index (χ1v) is 7.46. The fourth-order valence-electron chi connectivity index (χ4n) is 1.90. The number of carbonyl (C=O) groups excluding carboxylic acids is 1. The molecule has 0 aliphatic carbocycles. The molecule has 0 radical (unpaired) electrons. The average Bonchev–Trinajstić information content (AvgIpc) is 2.45. The number of amides is 1. The van der Waals surface area contributed by atoms with Crippen molar-refractivity contribution in [2.24, 2.45) is 5.73 Å². The van der Waals surface area contributed by atoms with E-state index in [1.54, 1.807) is 44.9 Å². The van der Waals surface area contributed by atoms with E-state index in [-0.39, 0.29) is 5.91 Å². The largest absolute Gasteiger partial charge is 0.493 e. The lowest BCUT2D eigenvalue weighted by Gasteiger charge is -2.21. The molecule has 6 heteroatoms. The number of likely N-dealkylation sites (N-methyl/N-ethyl adjacent to an activating group) is 1. The number of methoxy groups -OCH3 is 2. The van der Waals surface area contributed by atoms with Gasteiger partial charge in [-0.2, -0.15) is 0 Å². The smallest absolute Gasteiger partial charge is 0.239 e. The topological polar surface area (TPSA) is 64.8 Å². The Labute approximate surface area is 124 Å². The minimum absolute atomic E-state index is 0.0909. The summed E-state index contributed by atoms with van der Waals surface area (Å²) >= 11 is 1.60. The second kappa shape index (κ2) is 7.40. The fraction of sp³-hybridized carbons (Fsp3) is 0.500. The number of ether oxygens (including phenoxy) is 2. The van der Waals surface area contributed by atoms with Crippen molar-refractivity contribution >= 4 is 17.7 Å². The maximum Gasteiger partial charge on any atom is 0.239 e. The summed E-state index contributed by atoms with van der Waals surface area (Å²) in [5, 5.41) is 0. The van der Waals surface area contributed by atoms with E-state index in [1.807, 2.05) is 18.4 Å². The van der Waals surface area contributed by atoms with Crippen molar-refractivity contribution in [1.29, 1.82) is 0 Å². The molecule has 5 nitrogen and oxygen atoms in total. The van der Waals surface area contributed by atoms with Gasteiger partial charge in [-0.05, 0) is 30.9 Å². The molecule has 0 saturated carbocycles. The molecule has 0 aromatic heterocycles. The molecule has 1 amide bonds. The SMILES string of the molecule is COc1cc(CN(C)C(=O)[C@@H](C)N)c(SC)cc1OC. The molecule has 0 aliphatic rings. The number of nitrogens with zero attached hydrogens (tertiary/aromatic N) is 1. The Morgan fingerprint density at radius 2 is 1.90 bits per heavy atom. The van der Waals surface area contributed by atoms with Gasteiger partial charge >= 0.3 is 0 Å². The van der Waals surface area contributed by atoms with Gasteiger partial charge in [0.05, 0.1) is 20.3 Å². The summed E-state index contributed by atoms with van der Waals surface area (Å²) in [5.74, 6) is 1.25. The van der Waals surface area contributed by atoms with Crippen LogP contribution in [0.2, 0.25) is 0 Å². The summed E-state index contributed by atoms with van der Waals surface area (Å²) in [4.78, 5) is 14.5. The number of rotatable bonds is 6. The lowest BCUT2D eigenvalue weighted by Crippen LogP contribution is -2.39. The van der Waals surface area contributed by atoms with Crippen molar-refractivity contribution in [3.8, 4) is 11.5 Å². The Bertz CT molecular complexity index is 478. The summed E-state index contributed by atoms with van der Waals surface area (Å²) in [6.07, 6.45) is 1.98. The highest BCUT2D eigenvalue weighted by Crippen LogP contribution is 2.35. The van der Waals surface area contributed by atoms with Crippen LogP contribution in [0, 0.1) is 0 Å². The van der Waals surface area contributed by atoms with Crippen LogP contribution in [-0.2, 0) is 11.3 Å². The third kappa shape index (κ3) is 3.80. The van der Waals surface area contributed by atoms with E-state index in [0.29, 0.717) is 18.0 Å². The Kier molecular flexibility index (Phi) is 6.16. The quantitative estimate of drug-likeness (QED) is 0.810. The molecule has 0 unspecified atom stereocenters. The maximum atomic E-state index is 11.9. The van der Waals surface area contributed by atoms with Crippen LogP contribution in [0.5, 0.6) is 11.5 Å². The van der Waals surface area contributed by atoms with E-state index in [9.17, 15) is 4.79 Å². The van der Waals surface area contributed by atoms with Gasteiger partial charge in [-0.25, -0.2) is 0 Å². The molecule has 0 fully saturated rings. The van der Waals surface area contributed by atoms with Crippen molar-refractivity contribution in [2.45, 2.75) is 24.4 Å². The van der Waals surface area contributed by atoms with Crippen molar-refractivity contribution < 1.29 is 14.3 Å². The van der Waals surface area contributed by atoms with Crippen LogP contribution in [0.4, 0.5) is 0 Å². The first-order valence-electron chi connectivity index (χ1n) is 6.24. The van der Waals surface area contributed by atoms with Gasteiger partial charge in [0.1, 0.15) is 0 Å². The van der Waals surface area contributed by atoms with Gasteiger partial charge in [0.15, 0.2) is 11.5 Å². The van der Waals surface area contributed by atoms with Gasteiger partial charge in [0.2, 0.25) is 5.91 Å². The van der Waals surface area contributed by atoms with E-state index in [2.05, 4.69) is 0 Å². The Balaban J connectivity index is 3.07. The zero-order valence-electron chi connectivity index (χ0n) is 12.6. The number of carbonyl (C=O) groups is 1. The molecule has 112 valence electrons. The molecular formula is C14H22N2O3S. The standard InChI is InChI=1S/C14H22N2O3S/c1-9(15)14(17)16(2)8-10-6-11(18-3)12(19-4)7-13(10)20-5/h6-7,9H,8,15H2,1-5H3/t9-/m1/s1. The third-order valence-corrected chi connectivity index (χ3v) is 3.78. The molecule has 20 heavy (non-hydrogen) atoms. The highest BCUT2D eigenvalue weighted by Gasteiger charge is 2.17. The first-order chi connectivity index (χ1) is 9.44. The van der Waals surface area contributed by atoms with Crippen molar-refractivity contribution in [3.05, 3.63) is 17.7 Å². The highest BCUT2D eigenvalue weighted by molar-refractivity contribution is 7.98. The number of nitrogens with two attached hydrogens (primary N) is 1. The van der Waals surface area contributed by atoms with Gasteiger partial charge in [-0.1, -0.05) is 0 Å². The van der Waals surface area contributed by atoms with Crippen LogP contribution < -0.4 is 15.2 Å².